The zero-order valence-corrected chi connectivity index (χ0v) is 18.3. The van der Waals surface area contributed by atoms with E-state index in [0.717, 1.165) is 16.7 Å². The number of hydrogen-bond acceptors (Lipinski definition) is 6. The van der Waals surface area contributed by atoms with Gasteiger partial charge in [-0.2, -0.15) is 0 Å². The van der Waals surface area contributed by atoms with Crippen LogP contribution in [0.5, 0.6) is 28.7 Å². The fraction of sp³-hybridized carbons (Fsp3) is 0.364. The summed E-state index contributed by atoms with van der Waals surface area (Å²) in [5.74, 6) is 3.00. The quantitative estimate of drug-likeness (QED) is 0.534. The summed E-state index contributed by atoms with van der Waals surface area (Å²) >= 11 is 6.36. The van der Waals surface area contributed by atoms with E-state index in [1.54, 1.807) is 34.5 Å². The molecule has 2 aromatic rings. The van der Waals surface area contributed by atoms with E-state index in [9.17, 15) is 0 Å². The molecule has 2 aromatic carbocycles. The highest BCUT2D eigenvalue weighted by atomic mass is 35.5. The topological polar surface area (TPSA) is 58.2 Å². The van der Waals surface area contributed by atoms with Crippen molar-refractivity contribution in [3.63, 3.8) is 0 Å². The molecule has 0 aliphatic heterocycles. The molecule has 0 spiro atoms. The maximum atomic E-state index is 6.36. The number of halogens is 1. The molecule has 2 rings (SSSR count). The third-order valence-corrected chi connectivity index (χ3v) is 4.53. The Morgan fingerprint density at radius 1 is 0.862 bits per heavy atom. The molecule has 0 bridgehead atoms. The highest BCUT2D eigenvalue weighted by Crippen LogP contribution is 2.39. The lowest BCUT2D eigenvalue weighted by Crippen LogP contribution is -2.14. The maximum Gasteiger partial charge on any atom is 0.203 e. The van der Waals surface area contributed by atoms with Crippen LogP contribution in [0.3, 0.4) is 0 Å². The van der Waals surface area contributed by atoms with Gasteiger partial charge in [0.05, 0.1) is 28.4 Å². The highest BCUT2D eigenvalue weighted by Gasteiger charge is 2.15. The van der Waals surface area contributed by atoms with E-state index in [1.165, 1.54) is 0 Å². The molecule has 158 valence electrons. The minimum Gasteiger partial charge on any atom is -0.493 e. The van der Waals surface area contributed by atoms with Gasteiger partial charge in [-0.3, -0.25) is 0 Å². The highest BCUT2D eigenvalue weighted by molar-refractivity contribution is 6.31. The predicted molar refractivity (Wildman–Crippen MR) is 115 cm³/mol. The van der Waals surface area contributed by atoms with E-state index in [0.29, 0.717) is 53.5 Å². The predicted octanol–water partition coefficient (Wildman–Crippen LogP) is 4.62. The number of hydrogen-bond donors (Lipinski definition) is 1. The third-order valence-electron chi connectivity index (χ3n) is 4.18. The smallest absolute Gasteiger partial charge is 0.203 e. The normalized spacial score (nSPS) is 10.4. The summed E-state index contributed by atoms with van der Waals surface area (Å²) in [4.78, 5) is 0. The van der Waals surface area contributed by atoms with E-state index in [4.69, 9.17) is 35.3 Å². The number of nitrogens with one attached hydrogen (secondary N) is 1. The Bertz CT molecular complexity index is 828. The van der Waals surface area contributed by atoms with Gasteiger partial charge in [0.25, 0.3) is 0 Å². The maximum absolute atomic E-state index is 6.36. The van der Waals surface area contributed by atoms with Crippen LogP contribution in [0.15, 0.2) is 36.4 Å². The van der Waals surface area contributed by atoms with Gasteiger partial charge in [0, 0.05) is 24.2 Å². The van der Waals surface area contributed by atoms with Crippen LogP contribution in [-0.4, -0.2) is 35.0 Å². The Labute approximate surface area is 177 Å². The number of methoxy groups -OCH3 is 4. The molecule has 0 heterocycles. The van der Waals surface area contributed by atoms with Gasteiger partial charge in [-0.05, 0) is 41.8 Å². The first-order valence-electron chi connectivity index (χ1n) is 9.06. The first-order chi connectivity index (χ1) is 13.9. The molecular weight excluding hydrogens is 394 g/mol. The molecule has 6 nitrogen and oxygen atoms in total. The van der Waals surface area contributed by atoms with Crippen LogP contribution in [0.1, 0.15) is 18.1 Å². The van der Waals surface area contributed by atoms with Crippen molar-refractivity contribution in [2.24, 2.45) is 0 Å². The van der Waals surface area contributed by atoms with Gasteiger partial charge in [-0.1, -0.05) is 18.2 Å². The van der Waals surface area contributed by atoms with Gasteiger partial charge in [-0.15, -0.1) is 0 Å². The molecule has 7 heteroatoms. The van der Waals surface area contributed by atoms with Gasteiger partial charge < -0.3 is 29.0 Å². The second kappa shape index (κ2) is 10.8. The standard InChI is InChI=1S/C22H28ClNO5/c1-14(2)13-29-22-20(27-5)7-15(8-21(22)28-6)11-24-12-16-9-18(25-3)19(26-4)10-17(16)23/h7-10,24H,1,11-13H2,2-6H3. The van der Waals surface area contributed by atoms with Gasteiger partial charge >= 0.3 is 0 Å². The minimum absolute atomic E-state index is 0.391. The van der Waals surface area contributed by atoms with Gasteiger partial charge in [-0.25, -0.2) is 0 Å². The van der Waals surface area contributed by atoms with Crippen molar-refractivity contribution in [1.82, 2.24) is 5.32 Å². The summed E-state index contributed by atoms with van der Waals surface area (Å²) in [5.41, 5.74) is 2.80. The lowest BCUT2D eigenvalue weighted by molar-refractivity contribution is 0.295. The lowest BCUT2D eigenvalue weighted by Gasteiger charge is -2.17. The molecule has 29 heavy (non-hydrogen) atoms. The minimum atomic E-state index is 0.391. The lowest BCUT2D eigenvalue weighted by atomic mass is 10.1. The Hall–Kier alpha value is -2.57. The molecular formula is C22H28ClNO5. The third kappa shape index (κ3) is 5.95. The second-order valence-electron chi connectivity index (χ2n) is 6.48. The first-order valence-corrected chi connectivity index (χ1v) is 9.44. The Balaban J connectivity index is 2.14. The largest absolute Gasteiger partial charge is 0.493 e. The van der Waals surface area contributed by atoms with Crippen molar-refractivity contribution in [2.45, 2.75) is 20.0 Å². The SMILES string of the molecule is C=C(C)COc1c(OC)cc(CNCc2cc(OC)c(OC)cc2Cl)cc1OC. The average molecular weight is 422 g/mol. The fourth-order valence-corrected chi connectivity index (χ4v) is 2.97. The Morgan fingerprint density at radius 2 is 1.41 bits per heavy atom. The molecule has 0 aliphatic rings. The molecule has 0 unspecified atom stereocenters. The number of rotatable bonds is 11. The van der Waals surface area contributed by atoms with Crippen molar-refractivity contribution in [3.05, 3.63) is 52.6 Å². The van der Waals surface area contributed by atoms with E-state index in [1.807, 2.05) is 25.1 Å². The van der Waals surface area contributed by atoms with Crippen molar-refractivity contribution in [2.75, 3.05) is 35.0 Å². The molecule has 0 aromatic heterocycles. The Morgan fingerprint density at radius 3 is 1.93 bits per heavy atom. The average Bonchev–Trinajstić information content (AvgIpc) is 2.72. The van der Waals surface area contributed by atoms with Gasteiger partial charge in [0.15, 0.2) is 23.0 Å². The van der Waals surface area contributed by atoms with Crippen LogP contribution in [-0.2, 0) is 13.1 Å². The molecule has 0 saturated heterocycles. The summed E-state index contributed by atoms with van der Waals surface area (Å²) in [6.07, 6.45) is 0. The molecule has 1 N–H and O–H groups in total. The van der Waals surface area contributed by atoms with Crippen molar-refractivity contribution >= 4 is 11.6 Å². The van der Waals surface area contributed by atoms with Gasteiger partial charge in [0.2, 0.25) is 5.75 Å². The summed E-state index contributed by atoms with van der Waals surface area (Å²) in [5, 5.41) is 3.98. The Kier molecular flexibility index (Phi) is 8.49. The van der Waals surface area contributed by atoms with Gasteiger partial charge in [0.1, 0.15) is 6.61 Å². The van der Waals surface area contributed by atoms with Crippen LogP contribution >= 0.6 is 11.6 Å². The van der Waals surface area contributed by atoms with Crippen LogP contribution in [0, 0.1) is 0 Å². The van der Waals surface area contributed by atoms with Crippen LogP contribution in [0.4, 0.5) is 0 Å². The number of benzene rings is 2. The zero-order valence-electron chi connectivity index (χ0n) is 17.6. The molecule has 0 fully saturated rings. The molecule has 0 atom stereocenters. The van der Waals surface area contributed by atoms with E-state index in [2.05, 4.69) is 11.9 Å². The summed E-state index contributed by atoms with van der Waals surface area (Å²) in [6.45, 7) is 7.28. The van der Waals surface area contributed by atoms with Crippen molar-refractivity contribution in [3.8, 4) is 28.7 Å². The number of ether oxygens (including phenoxy) is 5. The molecule has 0 radical (unpaired) electrons. The summed E-state index contributed by atoms with van der Waals surface area (Å²) in [6, 6.07) is 7.44. The van der Waals surface area contributed by atoms with Crippen LogP contribution in [0.25, 0.3) is 0 Å². The first kappa shape index (κ1) is 22.7. The van der Waals surface area contributed by atoms with E-state index >= 15 is 0 Å². The second-order valence-corrected chi connectivity index (χ2v) is 6.88. The molecule has 0 amide bonds. The van der Waals surface area contributed by atoms with Crippen LogP contribution < -0.4 is 29.0 Å². The summed E-state index contributed by atoms with van der Waals surface area (Å²) in [7, 11) is 6.38. The van der Waals surface area contributed by atoms with E-state index in [-0.39, 0.29) is 0 Å². The summed E-state index contributed by atoms with van der Waals surface area (Å²) < 4.78 is 27.4. The monoisotopic (exact) mass is 421 g/mol. The fourth-order valence-electron chi connectivity index (χ4n) is 2.75. The molecule has 0 saturated carbocycles. The van der Waals surface area contributed by atoms with Crippen molar-refractivity contribution in [1.29, 1.82) is 0 Å². The van der Waals surface area contributed by atoms with Crippen LogP contribution in [0.2, 0.25) is 5.02 Å². The van der Waals surface area contributed by atoms with E-state index < -0.39 is 0 Å². The van der Waals surface area contributed by atoms with Crippen molar-refractivity contribution < 1.29 is 23.7 Å². The zero-order chi connectivity index (χ0) is 21.4. The molecule has 0 aliphatic carbocycles.